The molecular weight excluding hydrogens is 345 g/mol. The molecular formula is C19H21Cl2NO2. The van der Waals surface area contributed by atoms with Crippen LogP contribution in [-0.4, -0.2) is 24.9 Å². The standard InChI is InChI=1S/C19H21Cl2NO2/c1-19(2,3)17-11-14(6-7-16(17)18(23)22(4)5)24-15-9-12(20)8-13(21)10-15/h6-11H,1-5H3. The molecule has 3 nitrogen and oxygen atoms in total. The van der Waals surface area contributed by atoms with Gasteiger partial charge >= 0.3 is 0 Å². The second-order valence-electron chi connectivity index (χ2n) is 6.86. The van der Waals surface area contributed by atoms with Crippen LogP contribution in [0.4, 0.5) is 0 Å². The molecule has 0 unspecified atom stereocenters. The Bertz CT molecular complexity index is 744. The van der Waals surface area contributed by atoms with E-state index in [-0.39, 0.29) is 11.3 Å². The third kappa shape index (κ3) is 4.43. The minimum Gasteiger partial charge on any atom is -0.457 e. The van der Waals surface area contributed by atoms with Crippen molar-refractivity contribution < 1.29 is 9.53 Å². The van der Waals surface area contributed by atoms with Gasteiger partial charge in [0.15, 0.2) is 0 Å². The predicted molar refractivity (Wildman–Crippen MR) is 99.7 cm³/mol. The van der Waals surface area contributed by atoms with Crippen molar-refractivity contribution in [2.24, 2.45) is 0 Å². The summed E-state index contributed by atoms with van der Waals surface area (Å²) < 4.78 is 5.88. The molecule has 0 saturated heterocycles. The molecule has 1 amide bonds. The molecule has 128 valence electrons. The van der Waals surface area contributed by atoms with E-state index in [1.54, 1.807) is 49.3 Å². The predicted octanol–water partition coefficient (Wildman–Crippen LogP) is 5.79. The molecule has 0 saturated carbocycles. The summed E-state index contributed by atoms with van der Waals surface area (Å²) in [7, 11) is 3.49. The van der Waals surface area contributed by atoms with Crippen LogP contribution < -0.4 is 4.74 Å². The molecule has 0 fully saturated rings. The molecule has 0 radical (unpaired) electrons. The fourth-order valence-corrected chi connectivity index (χ4v) is 2.86. The smallest absolute Gasteiger partial charge is 0.253 e. The van der Waals surface area contributed by atoms with Crippen molar-refractivity contribution in [3.05, 3.63) is 57.6 Å². The summed E-state index contributed by atoms with van der Waals surface area (Å²) in [6.07, 6.45) is 0. The van der Waals surface area contributed by atoms with Crippen molar-refractivity contribution in [3.63, 3.8) is 0 Å². The lowest BCUT2D eigenvalue weighted by Gasteiger charge is -2.24. The van der Waals surface area contributed by atoms with Gasteiger partial charge in [0.25, 0.3) is 5.91 Å². The van der Waals surface area contributed by atoms with Gasteiger partial charge in [0, 0.05) is 29.7 Å². The first kappa shape index (κ1) is 18.6. The van der Waals surface area contributed by atoms with E-state index in [2.05, 4.69) is 20.8 Å². The van der Waals surface area contributed by atoms with Crippen molar-refractivity contribution >= 4 is 29.1 Å². The van der Waals surface area contributed by atoms with Crippen molar-refractivity contribution in [2.45, 2.75) is 26.2 Å². The number of halogens is 2. The lowest BCUT2D eigenvalue weighted by atomic mass is 9.83. The molecule has 24 heavy (non-hydrogen) atoms. The Hall–Kier alpha value is -1.71. The number of rotatable bonds is 3. The van der Waals surface area contributed by atoms with Crippen LogP contribution in [0.15, 0.2) is 36.4 Å². The number of amides is 1. The van der Waals surface area contributed by atoms with Gasteiger partial charge in [-0.3, -0.25) is 4.79 Å². The molecule has 0 aliphatic heterocycles. The van der Waals surface area contributed by atoms with E-state index in [4.69, 9.17) is 27.9 Å². The fourth-order valence-electron chi connectivity index (χ4n) is 2.36. The molecule has 0 N–H and O–H groups in total. The number of carbonyl (C=O) groups excluding carboxylic acids is 1. The number of nitrogens with zero attached hydrogens (tertiary/aromatic N) is 1. The summed E-state index contributed by atoms with van der Waals surface area (Å²) in [5.74, 6) is 1.16. The van der Waals surface area contributed by atoms with Gasteiger partial charge in [-0.2, -0.15) is 0 Å². The summed E-state index contributed by atoms with van der Waals surface area (Å²) in [5, 5.41) is 1.01. The highest BCUT2D eigenvalue weighted by atomic mass is 35.5. The van der Waals surface area contributed by atoms with Crippen LogP contribution in [-0.2, 0) is 5.41 Å². The van der Waals surface area contributed by atoms with E-state index < -0.39 is 0 Å². The van der Waals surface area contributed by atoms with Crippen molar-refractivity contribution in [3.8, 4) is 11.5 Å². The molecule has 0 aliphatic rings. The molecule has 2 aromatic rings. The molecule has 0 atom stereocenters. The first-order valence-electron chi connectivity index (χ1n) is 7.58. The van der Waals surface area contributed by atoms with Gasteiger partial charge in [0.1, 0.15) is 11.5 Å². The lowest BCUT2D eigenvalue weighted by Crippen LogP contribution is -2.26. The second-order valence-corrected chi connectivity index (χ2v) is 7.74. The molecule has 5 heteroatoms. The van der Waals surface area contributed by atoms with Gasteiger partial charge in [0.05, 0.1) is 0 Å². The maximum Gasteiger partial charge on any atom is 0.253 e. The Balaban J connectivity index is 2.44. The quantitative estimate of drug-likeness (QED) is 0.689. The Morgan fingerprint density at radius 1 is 0.958 bits per heavy atom. The molecule has 2 rings (SSSR count). The fraction of sp³-hybridized carbons (Fsp3) is 0.316. The summed E-state index contributed by atoms with van der Waals surface area (Å²) in [6, 6.07) is 10.5. The number of carbonyl (C=O) groups is 1. The minimum absolute atomic E-state index is 0.0303. The van der Waals surface area contributed by atoms with Crippen LogP contribution in [0.1, 0.15) is 36.7 Å². The van der Waals surface area contributed by atoms with Crippen LogP contribution in [0.5, 0.6) is 11.5 Å². The van der Waals surface area contributed by atoms with E-state index in [0.29, 0.717) is 27.1 Å². The second kappa shape index (κ2) is 7.04. The van der Waals surface area contributed by atoms with Gasteiger partial charge in [-0.25, -0.2) is 0 Å². The van der Waals surface area contributed by atoms with Gasteiger partial charge in [0.2, 0.25) is 0 Å². The highest BCUT2D eigenvalue weighted by Gasteiger charge is 2.23. The number of hydrogen-bond donors (Lipinski definition) is 0. The largest absolute Gasteiger partial charge is 0.457 e. The van der Waals surface area contributed by atoms with E-state index in [9.17, 15) is 4.79 Å². The third-order valence-electron chi connectivity index (χ3n) is 3.51. The molecule has 0 spiro atoms. The first-order valence-corrected chi connectivity index (χ1v) is 8.33. The number of hydrogen-bond acceptors (Lipinski definition) is 2. The number of ether oxygens (including phenoxy) is 1. The zero-order valence-electron chi connectivity index (χ0n) is 14.5. The maximum absolute atomic E-state index is 12.4. The monoisotopic (exact) mass is 365 g/mol. The summed E-state index contributed by atoms with van der Waals surface area (Å²) in [4.78, 5) is 14.0. The molecule has 0 aromatic heterocycles. The Morgan fingerprint density at radius 3 is 2.04 bits per heavy atom. The number of benzene rings is 2. The van der Waals surface area contributed by atoms with Crippen molar-refractivity contribution in [2.75, 3.05) is 14.1 Å². The Kier molecular flexibility index (Phi) is 5.46. The van der Waals surface area contributed by atoms with Crippen molar-refractivity contribution in [1.29, 1.82) is 0 Å². The van der Waals surface area contributed by atoms with E-state index in [1.807, 2.05) is 6.07 Å². The van der Waals surface area contributed by atoms with Gasteiger partial charge in [-0.05, 0) is 47.4 Å². The van der Waals surface area contributed by atoms with E-state index in [1.165, 1.54) is 0 Å². The Labute approximate surface area is 153 Å². The summed E-state index contributed by atoms with van der Waals surface area (Å²) in [6.45, 7) is 6.19. The molecule has 0 bridgehead atoms. The summed E-state index contributed by atoms with van der Waals surface area (Å²) >= 11 is 12.0. The van der Waals surface area contributed by atoms with Crippen LogP contribution in [0.25, 0.3) is 0 Å². The highest BCUT2D eigenvalue weighted by molar-refractivity contribution is 6.34. The lowest BCUT2D eigenvalue weighted by molar-refractivity contribution is 0.0825. The van der Waals surface area contributed by atoms with Crippen LogP contribution in [0.3, 0.4) is 0 Å². The van der Waals surface area contributed by atoms with E-state index >= 15 is 0 Å². The van der Waals surface area contributed by atoms with Gasteiger partial charge in [-0.15, -0.1) is 0 Å². The zero-order valence-corrected chi connectivity index (χ0v) is 16.0. The maximum atomic E-state index is 12.4. The SMILES string of the molecule is CN(C)C(=O)c1ccc(Oc2cc(Cl)cc(Cl)c2)cc1C(C)(C)C. The van der Waals surface area contributed by atoms with Crippen LogP contribution >= 0.6 is 23.2 Å². The zero-order chi connectivity index (χ0) is 18.1. The van der Waals surface area contributed by atoms with Crippen LogP contribution in [0, 0.1) is 0 Å². The topological polar surface area (TPSA) is 29.5 Å². The highest BCUT2D eigenvalue weighted by Crippen LogP contribution is 2.33. The normalized spacial score (nSPS) is 11.3. The van der Waals surface area contributed by atoms with Crippen LogP contribution in [0.2, 0.25) is 10.0 Å². The first-order chi connectivity index (χ1) is 11.1. The average Bonchev–Trinajstić information content (AvgIpc) is 2.44. The van der Waals surface area contributed by atoms with E-state index in [0.717, 1.165) is 5.56 Å². The molecule has 2 aromatic carbocycles. The molecule has 0 aliphatic carbocycles. The van der Waals surface area contributed by atoms with Crippen molar-refractivity contribution in [1.82, 2.24) is 4.90 Å². The minimum atomic E-state index is -0.202. The summed E-state index contributed by atoms with van der Waals surface area (Å²) in [5.41, 5.74) is 1.39. The van der Waals surface area contributed by atoms with Gasteiger partial charge < -0.3 is 9.64 Å². The molecule has 0 heterocycles. The average molecular weight is 366 g/mol. The third-order valence-corrected chi connectivity index (χ3v) is 3.94. The van der Waals surface area contributed by atoms with Gasteiger partial charge in [-0.1, -0.05) is 44.0 Å². The Morgan fingerprint density at radius 2 is 1.54 bits per heavy atom.